The molecule has 0 radical (unpaired) electrons. The number of hydrogen-bond acceptors (Lipinski definition) is 3. The molecule has 2 N–H and O–H groups in total. The predicted molar refractivity (Wildman–Crippen MR) is 89.0 cm³/mol. The Morgan fingerprint density at radius 3 is 2.61 bits per heavy atom. The van der Waals surface area contributed by atoms with Crippen LogP contribution in [0.3, 0.4) is 0 Å². The summed E-state index contributed by atoms with van der Waals surface area (Å²) in [6.45, 7) is 4.49. The Kier molecular flexibility index (Phi) is 3.01. The van der Waals surface area contributed by atoms with Crippen molar-refractivity contribution in [2.24, 2.45) is 5.92 Å². The Morgan fingerprint density at radius 1 is 1.13 bits per heavy atom. The molecule has 0 amide bonds. The second kappa shape index (κ2) is 4.75. The van der Waals surface area contributed by atoms with Crippen molar-refractivity contribution in [3.63, 3.8) is 0 Å². The topological polar surface area (TPSA) is 49.7 Å². The van der Waals surface area contributed by atoms with E-state index in [-0.39, 0.29) is 23.0 Å². The molecule has 0 aliphatic heterocycles. The molecule has 3 heteroatoms. The number of phenolic OH excluding ortho intramolecular Hbond substituents is 1. The molecule has 23 heavy (non-hydrogen) atoms. The van der Waals surface area contributed by atoms with Crippen LogP contribution >= 0.6 is 0 Å². The minimum atomic E-state index is -0.618. The largest absolute Gasteiger partial charge is 0.508 e. The van der Waals surface area contributed by atoms with Gasteiger partial charge in [-0.1, -0.05) is 38.1 Å². The van der Waals surface area contributed by atoms with Gasteiger partial charge in [-0.2, -0.15) is 0 Å². The highest BCUT2D eigenvalue weighted by Crippen LogP contribution is 2.59. The average Bonchev–Trinajstić information content (AvgIpc) is 2.77. The fraction of sp³-hybridized carbons (Fsp3) is 0.400. The molecule has 2 aromatic rings. The van der Waals surface area contributed by atoms with Gasteiger partial charge < -0.3 is 14.9 Å². The van der Waals surface area contributed by atoms with Crippen molar-refractivity contribution in [2.45, 2.75) is 37.7 Å². The number of rotatable bonds is 1. The van der Waals surface area contributed by atoms with E-state index >= 15 is 0 Å². The zero-order valence-electron chi connectivity index (χ0n) is 13.7. The number of ether oxygens (including phenoxy) is 1. The first-order chi connectivity index (χ1) is 10.9. The summed E-state index contributed by atoms with van der Waals surface area (Å²) in [6.07, 6.45) is 0.154. The summed E-state index contributed by atoms with van der Waals surface area (Å²) >= 11 is 0. The molecular weight excluding hydrogens is 288 g/mol. The third-order valence-corrected chi connectivity index (χ3v) is 5.93. The highest BCUT2D eigenvalue weighted by molar-refractivity contribution is 5.54. The van der Waals surface area contributed by atoms with Crippen LogP contribution < -0.4 is 4.74 Å². The number of benzene rings is 2. The number of aliphatic hydroxyl groups is 1. The molecule has 0 saturated heterocycles. The Bertz CT molecular complexity index is 778. The normalized spacial score (nSPS) is 27.0. The molecule has 120 valence electrons. The molecule has 0 aromatic heterocycles. The lowest BCUT2D eigenvalue weighted by Gasteiger charge is -2.39. The van der Waals surface area contributed by atoms with Gasteiger partial charge in [-0.05, 0) is 40.5 Å². The number of phenols is 1. The lowest BCUT2D eigenvalue weighted by molar-refractivity contribution is 0.0899. The number of fused-ring (bicyclic) bond motifs is 4. The summed E-state index contributed by atoms with van der Waals surface area (Å²) < 4.78 is 5.26. The standard InChI is InChI=1S/C20H22O3/c1-20(2)15-7-5-4-6-12(15)18-16(20)10-13-14(19(18)22)8-11(23-3)9-17(13)21/h4-9,16,18-19,21-22H,10H2,1-3H3. The first-order valence-corrected chi connectivity index (χ1v) is 8.12. The van der Waals surface area contributed by atoms with Gasteiger partial charge in [-0.25, -0.2) is 0 Å². The Morgan fingerprint density at radius 2 is 1.87 bits per heavy atom. The van der Waals surface area contributed by atoms with Crippen molar-refractivity contribution in [3.05, 3.63) is 58.7 Å². The SMILES string of the molecule is COc1cc(O)c2c(c1)C(O)C1c3ccccc3C(C)(C)C1C2. The fourth-order valence-corrected chi connectivity index (χ4v) is 4.68. The highest BCUT2D eigenvalue weighted by atomic mass is 16.5. The minimum absolute atomic E-state index is 0.0215. The summed E-state index contributed by atoms with van der Waals surface area (Å²) in [7, 11) is 1.58. The molecule has 0 spiro atoms. The Hall–Kier alpha value is -2.00. The molecule has 3 nitrogen and oxygen atoms in total. The van der Waals surface area contributed by atoms with Crippen LogP contribution in [0.2, 0.25) is 0 Å². The van der Waals surface area contributed by atoms with Gasteiger partial charge in [-0.15, -0.1) is 0 Å². The Labute approximate surface area is 136 Å². The highest BCUT2D eigenvalue weighted by Gasteiger charge is 2.51. The third-order valence-electron chi connectivity index (χ3n) is 5.93. The number of methoxy groups -OCH3 is 1. The number of aromatic hydroxyl groups is 1. The maximum atomic E-state index is 11.1. The molecule has 2 aromatic carbocycles. The minimum Gasteiger partial charge on any atom is -0.508 e. The number of aliphatic hydroxyl groups excluding tert-OH is 1. The van der Waals surface area contributed by atoms with Crippen LogP contribution in [-0.4, -0.2) is 17.3 Å². The zero-order chi connectivity index (χ0) is 16.4. The van der Waals surface area contributed by atoms with Gasteiger partial charge in [0.05, 0.1) is 13.2 Å². The molecule has 2 aliphatic carbocycles. The van der Waals surface area contributed by atoms with E-state index in [0.717, 1.165) is 17.5 Å². The van der Waals surface area contributed by atoms with Gasteiger partial charge in [0.25, 0.3) is 0 Å². The van der Waals surface area contributed by atoms with Crippen LogP contribution in [-0.2, 0) is 11.8 Å². The van der Waals surface area contributed by atoms with E-state index < -0.39 is 6.10 Å². The molecule has 4 rings (SSSR count). The van der Waals surface area contributed by atoms with E-state index in [2.05, 4.69) is 32.0 Å². The van der Waals surface area contributed by atoms with Gasteiger partial charge in [-0.3, -0.25) is 0 Å². The van der Waals surface area contributed by atoms with E-state index in [1.54, 1.807) is 13.2 Å². The van der Waals surface area contributed by atoms with Crippen molar-refractivity contribution in [1.29, 1.82) is 0 Å². The molecule has 0 bridgehead atoms. The monoisotopic (exact) mass is 310 g/mol. The molecular formula is C20H22O3. The molecule has 3 unspecified atom stereocenters. The molecule has 0 saturated carbocycles. The van der Waals surface area contributed by atoms with Crippen molar-refractivity contribution >= 4 is 0 Å². The van der Waals surface area contributed by atoms with Gasteiger partial charge in [0.15, 0.2) is 0 Å². The summed E-state index contributed by atoms with van der Waals surface area (Å²) in [6, 6.07) is 11.9. The molecule has 0 fully saturated rings. The average molecular weight is 310 g/mol. The maximum Gasteiger partial charge on any atom is 0.122 e. The molecule has 2 aliphatic rings. The van der Waals surface area contributed by atoms with E-state index in [1.165, 1.54) is 11.1 Å². The van der Waals surface area contributed by atoms with E-state index in [1.807, 2.05) is 12.1 Å². The second-order valence-corrected chi connectivity index (χ2v) is 7.30. The van der Waals surface area contributed by atoms with Gasteiger partial charge in [0.1, 0.15) is 11.5 Å². The van der Waals surface area contributed by atoms with Crippen LogP contribution in [0.15, 0.2) is 36.4 Å². The van der Waals surface area contributed by atoms with Crippen molar-refractivity contribution in [1.82, 2.24) is 0 Å². The quantitative estimate of drug-likeness (QED) is 0.845. The van der Waals surface area contributed by atoms with Crippen LogP contribution in [0.5, 0.6) is 11.5 Å². The lowest BCUT2D eigenvalue weighted by atomic mass is 9.66. The third kappa shape index (κ3) is 1.86. The summed E-state index contributed by atoms with van der Waals surface area (Å²) in [5, 5.41) is 21.5. The predicted octanol–water partition coefficient (Wildman–Crippen LogP) is 3.68. The first-order valence-electron chi connectivity index (χ1n) is 8.12. The van der Waals surface area contributed by atoms with Crippen molar-refractivity contribution in [3.8, 4) is 11.5 Å². The zero-order valence-corrected chi connectivity index (χ0v) is 13.7. The second-order valence-electron chi connectivity index (χ2n) is 7.30. The summed E-state index contributed by atoms with van der Waals surface area (Å²) in [4.78, 5) is 0. The lowest BCUT2D eigenvalue weighted by Crippen LogP contribution is -2.34. The van der Waals surface area contributed by atoms with Crippen LogP contribution in [0, 0.1) is 5.92 Å². The smallest absolute Gasteiger partial charge is 0.122 e. The van der Waals surface area contributed by atoms with Gasteiger partial charge in [0.2, 0.25) is 0 Å². The van der Waals surface area contributed by atoms with Crippen LogP contribution in [0.25, 0.3) is 0 Å². The van der Waals surface area contributed by atoms with Crippen LogP contribution in [0.4, 0.5) is 0 Å². The summed E-state index contributed by atoms with van der Waals surface area (Å²) in [5.74, 6) is 1.16. The molecule has 0 heterocycles. The van der Waals surface area contributed by atoms with E-state index in [0.29, 0.717) is 5.75 Å². The summed E-state index contributed by atoms with van der Waals surface area (Å²) in [5.41, 5.74) is 4.19. The first kappa shape index (κ1) is 14.6. The van der Waals surface area contributed by atoms with Crippen LogP contribution in [0.1, 0.15) is 48.1 Å². The number of hydrogen-bond donors (Lipinski definition) is 2. The van der Waals surface area contributed by atoms with Crippen molar-refractivity contribution < 1.29 is 14.9 Å². The van der Waals surface area contributed by atoms with E-state index in [4.69, 9.17) is 4.74 Å². The van der Waals surface area contributed by atoms with Gasteiger partial charge >= 0.3 is 0 Å². The van der Waals surface area contributed by atoms with Gasteiger partial charge in [0, 0.05) is 17.5 Å². The Balaban J connectivity index is 1.91. The fourth-order valence-electron chi connectivity index (χ4n) is 4.68. The molecule has 3 atom stereocenters. The van der Waals surface area contributed by atoms with Crippen molar-refractivity contribution in [2.75, 3.05) is 7.11 Å². The van der Waals surface area contributed by atoms with E-state index in [9.17, 15) is 10.2 Å². The maximum absolute atomic E-state index is 11.1.